The van der Waals surface area contributed by atoms with Crippen molar-refractivity contribution in [3.63, 3.8) is 0 Å². The van der Waals surface area contributed by atoms with Crippen molar-refractivity contribution in [2.45, 2.75) is 57.9 Å². The standard InChI is InChI=1S/C14H23F3O5S2/c1-5-19-12(20-6-2)10(24-13(23)21-7-3)8-11(14(15,16)17)22-9(4)18/h10-12H,5-8H2,1-4H3. The summed E-state index contributed by atoms with van der Waals surface area (Å²) in [6.07, 6.45) is -8.49. The summed E-state index contributed by atoms with van der Waals surface area (Å²) in [5.74, 6) is -1.02. The summed E-state index contributed by atoms with van der Waals surface area (Å²) in [7, 11) is 0. The lowest BCUT2D eigenvalue weighted by atomic mass is 10.1. The van der Waals surface area contributed by atoms with Crippen LogP contribution in [-0.4, -0.2) is 54.0 Å². The molecule has 24 heavy (non-hydrogen) atoms. The van der Waals surface area contributed by atoms with Crippen molar-refractivity contribution in [3.05, 3.63) is 0 Å². The lowest BCUT2D eigenvalue weighted by Gasteiger charge is -2.29. The topological polar surface area (TPSA) is 54.0 Å². The Labute approximate surface area is 149 Å². The average molecular weight is 392 g/mol. The molecule has 0 spiro atoms. The van der Waals surface area contributed by atoms with Crippen LogP contribution >= 0.6 is 24.0 Å². The number of thioether (sulfide) groups is 1. The van der Waals surface area contributed by atoms with Crippen LogP contribution in [0.25, 0.3) is 0 Å². The zero-order chi connectivity index (χ0) is 18.8. The predicted octanol–water partition coefficient (Wildman–Crippen LogP) is 3.69. The highest BCUT2D eigenvalue weighted by Crippen LogP contribution is 2.33. The van der Waals surface area contributed by atoms with E-state index in [4.69, 9.17) is 26.4 Å². The van der Waals surface area contributed by atoms with E-state index in [-0.39, 0.29) is 17.6 Å². The van der Waals surface area contributed by atoms with Crippen molar-refractivity contribution >= 4 is 34.3 Å². The number of rotatable bonds is 10. The summed E-state index contributed by atoms with van der Waals surface area (Å²) in [6.45, 7) is 6.81. The van der Waals surface area contributed by atoms with Crippen LogP contribution in [0.3, 0.4) is 0 Å². The number of alkyl halides is 3. The molecule has 142 valence electrons. The number of hydrogen-bond acceptors (Lipinski definition) is 7. The van der Waals surface area contributed by atoms with Gasteiger partial charge in [0.2, 0.25) is 4.38 Å². The van der Waals surface area contributed by atoms with E-state index < -0.39 is 36.2 Å². The number of carbonyl (C=O) groups excluding carboxylic acids is 1. The first-order chi connectivity index (χ1) is 11.1. The molecule has 0 fully saturated rings. The number of ether oxygens (including phenoxy) is 4. The third-order valence-corrected chi connectivity index (χ3v) is 4.03. The fourth-order valence-corrected chi connectivity index (χ4v) is 3.20. The Morgan fingerprint density at radius 2 is 1.67 bits per heavy atom. The molecule has 0 saturated carbocycles. The second kappa shape index (κ2) is 11.9. The van der Waals surface area contributed by atoms with Gasteiger partial charge < -0.3 is 18.9 Å². The van der Waals surface area contributed by atoms with Gasteiger partial charge in [-0.15, -0.1) is 0 Å². The van der Waals surface area contributed by atoms with Gasteiger partial charge in [-0.2, -0.15) is 13.2 Å². The Bertz CT molecular complexity index is 387. The molecule has 5 nitrogen and oxygen atoms in total. The van der Waals surface area contributed by atoms with Gasteiger partial charge in [0.1, 0.15) is 0 Å². The summed E-state index contributed by atoms with van der Waals surface area (Å²) in [5, 5.41) is -0.852. The molecule has 0 aromatic carbocycles. The van der Waals surface area contributed by atoms with Gasteiger partial charge in [-0.3, -0.25) is 4.79 Å². The van der Waals surface area contributed by atoms with Crippen LogP contribution in [0.1, 0.15) is 34.1 Å². The Balaban J connectivity index is 5.30. The summed E-state index contributed by atoms with van der Waals surface area (Å²) in [4.78, 5) is 11.0. The van der Waals surface area contributed by atoms with Crippen LogP contribution < -0.4 is 0 Å². The molecule has 0 radical (unpaired) electrons. The highest BCUT2D eigenvalue weighted by atomic mass is 32.2. The van der Waals surface area contributed by atoms with E-state index in [9.17, 15) is 18.0 Å². The first-order valence-corrected chi connectivity index (χ1v) is 8.74. The molecule has 0 bridgehead atoms. The van der Waals surface area contributed by atoms with E-state index >= 15 is 0 Å². The SMILES string of the molecule is CCOC(=S)SC(CC(OC(C)=O)C(F)(F)F)C(OCC)OCC. The number of esters is 1. The first-order valence-electron chi connectivity index (χ1n) is 7.46. The van der Waals surface area contributed by atoms with Crippen LogP contribution in [-0.2, 0) is 23.7 Å². The minimum atomic E-state index is -4.71. The highest BCUT2D eigenvalue weighted by Gasteiger charge is 2.45. The molecule has 0 N–H and O–H groups in total. The van der Waals surface area contributed by atoms with E-state index in [0.717, 1.165) is 18.7 Å². The van der Waals surface area contributed by atoms with Gasteiger partial charge in [0.25, 0.3) is 0 Å². The van der Waals surface area contributed by atoms with Gasteiger partial charge >= 0.3 is 12.1 Å². The fraction of sp³-hybridized carbons (Fsp3) is 0.857. The molecule has 10 heteroatoms. The van der Waals surface area contributed by atoms with Crippen molar-refractivity contribution in [1.82, 2.24) is 0 Å². The number of hydrogen-bond donors (Lipinski definition) is 0. The molecule has 0 heterocycles. The maximum atomic E-state index is 13.1. The number of halogens is 3. The molecule has 0 aliphatic carbocycles. The molecule has 0 amide bonds. The maximum Gasteiger partial charge on any atom is 0.425 e. The quantitative estimate of drug-likeness (QED) is 0.319. The molecule has 0 aliphatic rings. The zero-order valence-electron chi connectivity index (χ0n) is 14.1. The molecule has 2 atom stereocenters. The first kappa shape index (κ1) is 23.4. The Kier molecular flexibility index (Phi) is 11.6. The van der Waals surface area contributed by atoms with E-state index in [2.05, 4.69) is 4.74 Å². The van der Waals surface area contributed by atoms with E-state index in [1.165, 1.54) is 0 Å². The van der Waals surface area contributed by atoms with Gasteiger partial charge in [-0.25, -0.2) is 0 Å². The van der Waals surface area contributed by atoms with Crippen molar-refractivity contribution < 1.29 is 36.9 Å². The predicted molar refractivity (Wildman–Crippen MR) is 88.9 cm³/mol. The van der Waals surface area contributed by atoms with Gasteiger partial charge in [-0.1, -0.05) is 11.8 Å². The number of carbonyl (C=O) groups is 1. The maximum absolute atomic E-state index is 13.1. The molecule has 0 saturated heterocycles. The lowest BCUT2D eigenvalue weighted by Crippen LogP contribution is -2.41. The molecule has 0 rings (SSSR count). The van der Waals surface area contributed by atoms with Gasteiger partial charge in [-0.05, 0) is 33.0 Å². The van der Waals surface area contributed by atoms with Crippen LogP contribution in [0.2, 0.25) is 0 Å². The van der Waals surface area contributed by atoms with Crippen LogP contribution in [0, 0.1) is 0 Å². The molecule has 0 aliphatic heterocycles. The van der Waals surface area contributed by atoms with E-state index in [0.29, 0.717) is 6.61 Å². The van der Waals surface area contributed by atoms with Crippen molar-refractivity contribution in [2.24, 2.45) is 0 Å². The normalized spacial score (nSPS) is 14.3. The largest absolute Gasteiger partial charge is 0.479 e. The monoisotopic (exact) mass is 392 g/mol. The molecule has 2 unspecified atom stereocenters. The molecule has 0 aromatic rings. The van der Waals surface area contributed by atoms with E-state index in [1.54, 1.807) is 20.8 Å². The lowest BCUT2D eigenvalue weighted by molar-refractivity contribution is -0.225. The molecule has 0 aromatic heterocycles. The van der Waals surface area contributed by atoms with Crippen LogP contribution in [0.4, 0.5) is 13.2 Å². The van der Waals surface area contributed by atoms with Crippen molar-refractivity contribution in [2.75, 3.05) is 19.8 Å². The van der Waals surface area contributed by atoms with Crippen molar-refractivity contribution in [1.29, 1.82) is 0 Å². The summed E-state index contributed by atoms with van der Waals surface area (Å²) < 4.78 is 59.8. The highest BCUT2D eigenvalue weighted by molar-refractivity contribution is 8.23. The Morgan fingerprint density at radius 3 is 2.04 bits per heavy atom. The summed E-state index contributed by atoms with van der Waals surface area (Å²) >= 11 is 5.89. The Morgan fingerprint density at radius 1 is 1.12 bits per heavy atom. The smallest absolute Gasteiger partial charge is 0.425 e. The van der Waals surface area contributed by atoms with Gasteiger partial charge in [0.05, 0.1) is 11.9 Å². The van der Waals surface area contributed by atoms with Crippen LogP contribution in [0.15, 0.2) is 0 Å². The molecular formula is C14H23F3O5S2. The third-order valence-electron chi connectivity index (χ3n) is 2.59. The average Bonchev–Trinajstić information content (AvgIpc) is 2.44. The van der Waals surface area contributed by atoms with Crippen LogP contribution in [0.5, 0.6) is 0 Å². The minimum Gasteiger partial charge on any atom is -0.479 e. The zero-order valence-corrected chi connectivity index (χ0v) is 15.7. The minimum absolute atomic E-state index is 0.0793. The third kappa shape index (κ3) is 9.65. The molecular weight excluding hydrogens is 369 g/mol. The van der Waals surface area contributed by atoms with Crippen molar-refractivity contribution in [3.8, 4) is 0 Å². The summed E-state index contributed by atoms with van der Waals surface area (Å²) in [6, 6.07) is 0. The second-order valence-corrected chi connectivity index (χ2v) is 6.33. The summed E-state index contributed by atoms with van der Waals surface area (Å²) in [5.41, 5.74) is 0. The Hall–Kier alpha value is -0.580. The van der Waals surface area contributed by atoms with E-state index in [1.807, 2.05) is 0 Å². The second-order valence-electron chi connectivity index (χ2n) is 4.49. The fourth-order valence-electron chi connectivity index (χ4n) is 1.74. The van der Waals surface area contributed by atoms with Gasteiger partial charge in [0, 0.05) is 26.6 Å². The van der Waals surface area contributed by atoms with Gasteiger partial charge in [0.15, 0.2) is 12.4 Å². The number of thiocarbonyl (C=S) groups is 1.